The molecule has 0 heterocycles. The smallest absolute Gasteiger partial charge is 0.259 e. The van der Waals surface area contributed by atoms with Crippen molar-refractivity contribution in [3.8, 4) is 11.5 Å². The van der Waals surface area contributed by atoms with Gasteiger partial charge in [0.15, 0.2) is 0 Å². The van der Waals surface area contributed by atoms with Gasteiger partial charge in [-0.2, -0.15) is 0 Å². The molecule has 2 rings (SSSR count). The van der Waals surface area contributed by atoms with E-state index < -0.39 is 5.24 Å². The quantitative estimate of drug-likeness (QED) is 0.785. The van der Waals surface area contributed by atoms with Crippen LogP contribution in [0.15, 0.2) is 30.3 Å². The average molecular weight is 251 g/mol. The predicted octanol–water partition coefficient (Wildman–Crippen LogP) is 3.24. The summed E-state index contributed by atoms with van der Waals surface area (Å²) in [5.41, 5.74) is 0.260. The molecule has 2 aromatic carbocycles. The molecule has 0 radical (unpaired) electrons. The summed E-state index contributed by atoms with van der Waals surface area (Å²) in [6.45, 7) is 0. The van der Waals surface area contributed by atoms with Gasteiger partial charge in [-0.3, -0.25) is 4.79 Å². The largest absolute Gasteiger partial charge is 0.496 e. The lowest BCUT2D eigenvalue weighted by atomic mass is 10.0. The Hall–Kier alpha value is -1.74. The summed E-state index contributed by atoms with van der Waals surface area (Å²) in [4.78, 5) is 11.5. The molecular weight excluding hydrogens is 240 g/mol. The number of hydrogen-bond donors (Lipinski definition) is 0. The Kier molecular flexibility index (Phi) is 3.20. The molecule has 0 saturated heterocycles. The molecule has 17 heavy (non-hydrogen) atoms. The first-order chi connectivity index (χ1) is 8.19. The Balaban J connectivity index is 2.89. The van der Waals surface area contributed by atoms with E-state index in [1.165, 1.54) is 14.2 Å². The number of benzene rings is 2. The molecule has 4 heteroatoms. The molecule has 0 aliphatic carbocycles. The van der Waals surface area contributed by atoms with Gasteiger partial charge in [0.25, 0.3) is 5.24 Å². The second kappa shape index (κ2) is 4.63. The zero-order chi connectivity index (χ0) is 12.4. The van der Waals surface area contributed by atoms with Crippen molar-refractivity contribution in [2.45, 2.75) is 0 Å². The first kappa shape index (κ1) is 11.7. The summed E-state index contributed by atoms with van der Waals surface area (Å²) in [6.07, 6.45) is 0. The summed E-state index contributed by atoms with van der Waals surface area (Å²) in [7, 11) is 3.00. The Morgan fingerprint density at radius 3 is 2.47 bits per heavy atom. The maximum atomic E-state index is 11.5. The SMILES string of the molecule is COc1cc2ccccc2c(OC)c1C(=O)Cl. The Morgan fingerprint density at radius 2 is 1.88 bits per heavy atom. The van der Waals surface area contributed by atoms with Crippen molar-refractivity contribution < 1.29 is 14.3 Å². The highest BCUT2D eigenvalue weighted by molar-refractivity contribution is 6.68. The van der Waals surface area contributed by atoms with E-state index in [1.54, 1.807) is 6.07 Å². The molecule has 0 fully saturated rings. The molecule has 0 aliphatic heterocycles. The summed E-state index contributed by atoms with van der Waals surface area (Å²) in [5.74, 6) is 0.862. The molecule has 0 aliphatic rings. The van der Waals surface area contributed by atoms with Gasteiger partial charge in [0.05, 0.1) is 14.2 Å². The molecule has 0 saturated carbocycles. The van der Waals surface area contributed by atoms with Gasteiger partial charge < -0.3 is 9.47 Å². The third-order valence-corrected chi connectivity index (χ3v) is 2.78. The van der Waals surface area contributed by atoms with Crippen molar-refractivity contribution in [3.05, 3.63) is 35.9 Å². The topological polar surface area (TPSA) is 35.5 Å². The molecule has 3 nitrogen and oxygen atoms in total. The average Bonchev–Trinajstić information content (AvgIpc) is 2.35. The lowest BCUT2D eigenvalue weighted by Gasteiger charge is -2.13. The predicted molar refractivity (Wildman–Crippen MR) is 67.2 cm³/mol. The van der Waals surface area contributed by atoms with Crippen molar-refractivity contribution in [2.75, 3.05) is 14.2 Å². The maximum Gasteiger partial charge on any atom is 0.259 e. The summed E-state index contributed by atoms with van der Waals surface area (Å²) in [6, 6.07) is 9.34. The molecule has 0 atom stereocenters. The first-order valence-electron chi connectivity index (χ1n) is 5.02. The Morgan fingerprint density at radius 1 is 1.18 bits per heavy atom. The molecule has 2 aromatic rings. The van der Waals surface area contributed by atoms with E-state index in [-0.39, 0.29) is 5.56 Å². The highest BCUT2D eigenvalue weighted by atomic mass is 35.5. The number of hydrogen-bond acceptors (Lipinski definition) is 3. The van der Waals surface area contributed by atoms with Gasteiger partial charge in [0.1, 0.15) is 17.1 Å². The van der Waals surface area contributed by atoms with E-state index in [1.807, 2.05) is 24.3 Å². The standard InChI is InChI=1S/C13H11ClO3/c1-16-10-7-8-5-3-4-6-9(8)12(17-2)11(10)13(14)15/h3-7H,1-2H3. The van der Waals surface area contributed by atoms with Gasteiger partial charge >= 0.3 is 0 Å². The van der Waals surface area contributed by atoms with Gasteiger partial charge in [-0.05, 0) is 23.1 Å². The van der Waals surface area contributed by atoms with E-state index in [0.29, 0.717) is 11.5 Å². The molecule has 88 valence electrons. The van der Waals surface area contributed by atoms with Crippen LogP contribution in [0.4, 0.5) is 0 Å². The summed E-state index contributed by atoms with van der Waals surface area (Å²) in [5, 5.41) is 1.17. The fraction of sp³-hybridized carbons (Fsp3) is 0.154. The molecule has 0 aromatic heterocycles. The summed E-state index contributed by atoms with van der Waals surface area (Å²) >= 11 is 5.57. The zero-order valence-electron chi connectivity index (χ0n) is 9.49. The second-order valence-electron chi connectivity index (χ2n) is 3.48. The normalized spacial score (nSPS) is 10.3. The number of rotatable bonds is 3. The number of methoxy groups -OCH3 is 2. The maximum absolute atomic E-state index is 11.5. The minimum Gasteiger partial charge on any atom is -0.496 e. The minimum atomic E-state index is -0.593. The molecule has 0 spiro atoms. The monoisotopic (exact) mass is 250 g/mol. The molecular formula is C13H11ClO3. The van der Waals surface area contributed by atoms with Crippen LogP contribution >= 0.6 is 11.6 Å². The van der Waals surface area contributed by atoms with Crippen molar-refractivity contribution in [1.29, 1.82) is 0 Å². The van der Waals surface area contributed by atoms with E-state index in [4.69, 9.17) is 21.1 Å². The van der Waals surface area contributed by atoms with Crippen LogP contribution < -0.4 is 9.47 Å². The van der Waals surface area contributed by atoms with Crippen molar-refractivity contribution in [1.82, 2.24) is 0 Å². The highest BCUT2D eigenvalue weighted by Crippen LogP contribution is 2.37. The lowest BCUT2D eigenvalue weighted by molar-refractivity contribution is 0.107. The van der Waals surface area contributed by atoms with Gasteiger partial charge in [-0.1, -0.05) is 24.3 Å². The Labute approximate surface area is 104 Å². The molecule has 0 N–H and O–H groups in total. The van der Waals surface area contributed by atoms with E-state index >= 15 is 0 Å². The lowest BCUT2D eigenvalue weighted by Crippen LogP contribution is -2.00. The van der Waals surface area contributed by atoms with E-state index in [0.717, 1.165) is 10.8 Å². The molecule has 0 bridgehead atoms. The van der Waals surface area contributed by atoms with Gasteiger partial charge in [0, 0.05) is 5.39 Å². The van der Waals surface area contributed by atoms with Crippen LogP contribution in [-0.4, -0.2) is 19.5 Å². The van der Waals surface area contributed by atoms with Crippen molar-refractivity contribution in [2.24, 2.45) is 0 Å². The van der Waals surface area contributed by atoms with Gasteiger partial charge in [-0.25, -0.2) is 0 Å². The number of halogens is 1. The molecule has 0 unspecified atom stereocenters. The summed E-state index contributed by atoms with van der Waals surface area (Å²) < 4.78 is 10.4. The van der Waals surface area contributed by atoms with Crippen LogP contribution in [0.1, 0.15) is 10.4 Å². The van der Waals surface area contributed by atoms with Gasteiger partial charge in [0.2, 0.25) is 0 Å². The van der Waals surface area contributed by atoms with Crippen LogP contribution in [0.3, 0.4) is 0 Å². The minimum absolute atomic E-state index is 0.260. The van der Waals surface area contributed by atoms with Crippen LogP contribution in [0.5, 0.6) is 11.5 Å². The number of carbonyl (C=O) groups excluding carboxylic acids is 1. The fourth-order valence-corrected chi connectivity index (χ4v) is 2.03. The van der Waals surface area contributed by atoms with E-state index in [9.17, 15) is 4.79 Å². The third kappa shape index (κ3) is 1.94. The molecule has 0 amide bonds. The zero-order valence-corrected chi connectivity index (χ0v) is 10.2. The number of ether oxygens (including phenoxy) is 2. The number of fused-ring (bicyclic) bond motifs is 1. The fourth-order valence-electron chi connectivity index (χ4n) is 1.85. The first-order valence-corrected chi connectivity index (χ1v) is 5.40. The van der Waals surface area contributed by atoms with Crippen molar-refractivity contribution >= 4 is 27.6 Å². The Bertz CT molecular complexity index is 578. The van der Waals surface area contributed by atoms with Crippen LogP contribution in [0, 0.1) is 0 Å². The third-order valence-electron chi connectivity index (χ3n) is 2.59. The van der Waals surface area contributed by atoms with E-state index in [2.05, 4.69) is 0 Å². The van der Waals surface area contributed by atoms with Gasteiger partial charge in [-0.15, -0.1) is 0 Å². The van der Waals surface area contributed by atoms with Crippen LogP contribution in [-0.2, 0) is 0 Å². The highest BCUT2D eigenvalue weighted by Gasteiger charge is 2.19. The van der Waals surface area contributed by atoms with Crippen molar-refractivity contribution in [3.63, 3.8) is 0 Å². The van der Waals surface area contributed by atoms with Crippen LogP contribution in [0.2, 0.25) is 0 Å². The van der Waals surface area contributed by atoms with Crippen LogP contribution in [0.25, 0.3) is 10.8 Å². The number of carbonyl (C=O) groups is 1. The second-order valence-corrected chi connectivity index (χ2v) is 3.83.